The molecule has 0 N–H and O–H groups in total. The van der Waals surface area contributed by atoms with Gasteiger partial charge in [0.25, 0.3) is 6.71 Å². The van der Waals surface area contributed by atoms with Crippen LogP contribution in [0.1, 0.15) is 83.6 Å². The molecule has 1 aliphatic carbocycles. The van der Waals surface area contributed by atoms with Crippen molar-refractivity contribution in [2.45, 2.75) is 84.5 Å². The fourth-order valence-corrected chi connectivity index (χ4v) is 7.79. The van der Waals surface area contributed by atoms with Gasteiger partial charge in [-0.2, -0.15) is 0 Å². The Labute approximate surface area is 256 Å². The van der Waals surface area contributed by atoms with E-state index in [0.717, 1.165) is 34.3 Å². The van der Waals surface area contributed by atoms with Gasteiger partial charge in [0.2, 0.25) is 5.88 Å². The Morgan fingerprint density at radius 3 is 2.28 bits per heavy atom. The van der Waals surface area contributed by atoms with Gasteiger partial charge in [0.1, 0.15) is 17.1 Å². The minimum absolute atomic E-state index is 0.0197. The quantitative estimate of drug-likeness (QED) is 0.186. The molecule has 3 nitrogen and oxygen atoms in total. The van der Waals surface area contributed by atoms with Gasteiger partial charge in [-0.15, -0.1) is 0 Å². The highest BCUT2D eigenvalue weighted by Crippen LogP contribution is 2.49. The Kier molecular flexibility index (Phi) is 5.33. The first-order chi connectivity index (χ1) is 20.3. The van der Waals surface area contributed by atoms with Crippen LogP contribution in [-0.2, 0) is 16.2 Å². The second-order valence-electron chi connectivity index (χ2n) is 15.4. The van der Waals surface area contributed by atoms with Crippen molar-refractivity contribution in [3.8, 4) is 11.5 Å². The van der Waals surface area contributed by atoms with Gasteiger partial charge in [0.15, 0.2) is 0 Å². The summed E-state index contributed by atoms with van der Waals surface area (Å²) < 4.78 is 13.6. The summed E-state index contributed by atoms with van der Waals surface area (Å²) >= 11 is 0. The molecular formula is C39H40BNO2. The molecule has 5 aromatic rings. The highest BCUT2D eigenvalue weighted by atomic mass is 16.5. The van der Waals surface area contributed by atoms with Gasteiger partial charge in [-0.1, -0.05) is 78.8 Å². The second kappa shape index (κ2) is 8.59. The first-order valence-corrected chi connectivity index (χ1v) is 15.8. The summed E-state index contributed by atoms with van der Waals surface area (Å²) in [6.07, 6.45) is 2.37. The van der Waals surface area contributed by atoms with E-state index in [2.05, 4.69) is 133 Å². The Morgan fingerprint density at radius 2 is 1.51 bits per heavy atom. The summed E-state index contributed by atoms with van der Waals surface area (Å²) in [6, 6.07) is 26.9. The van der Waals surface area contributed by atoms with Crippen LogP contribution >= 0.6 is 0 Å². The van der Waals surface area contributed by atoms with E-state index in [1.54, 1.807) is 0 Å². The van der Waals surface area contributed by atoms with E-state index < -0.39 is 0 Å². The van der Waals surface area contributed by atoms with E-state index in [1.807, 2.05) is 0 Å². The molecule has 0 amide bonds. The maximum Gasteiger partial charge on any atom is 0.261 e. The van der Waals surface area contributed by atoms with Crippen LogP contribution in [0.25, 0.3) is 11.0 Å². The lowest BCUT2D eigenvalue weighted by atomic mass is 9.34. The summed E-state index contributed by atoms with van der Waals surface area (Å²) in [5, 5.41) is 1.19. The molecule has 3 heterocycles. The van der Waals surface area contributed by atoms with E-state index >= 15 is 0 Å². The number of nitrogens with zero attached hydrogens (tertiary/aromatic N) is 1. The molecule has 0 saturated carbocycles. The number of hydrogen-bond donors (Lipinski definition) is 0. The average Bonchev–Trinajstić information content (AvgIpc) is 3.33. The van der Waals surface area contributed by atoms with Gasteiger partial charge >= 0.3 is 0 Å². The Bertz CT molecular complexity index is 1970. The molecule has 1 aromatic heterocycles. The first-order valence-electron chi connectivity index (χ1n) is 15.8. The summed E-state index contributed by atoms with van der Waals surface area (Å²) in [7, 11) is 0. The van der Waals surface area contributed by atoms with Gasteiger partial charge < -0.3 is 9.15 Å². The number of rotatable bonds is 1. The number of benzene rings is 4. The number of ether oxygens (including phenoxy) is 1. The van der Waals surface area contributed by atoms with Gasteiger partial charge in [0, 0.05) is 22.2 Å². The van der Waals surface area contributed by atoms with Crippen molar-refractivity contribution in [3.05, 3.63) is 95.1 Å². The van der Waals surface area contributed by atoms with Crippen LogP contribution in [0.15, 0.2) is 77.2 Å². The molecule has 0 unspecified atom stereocenters. The van der Waals surface area contributed by atoms with Crippen LogP contribution in [0, 0.1) is 6.92 Å². The van der Waals surface area contributed by atoms with Crippen LogP contribution in [0.5, 0.6) is 11.5 Å². The third-order valence-electron chi connectivity index (χ3n) is 10.4. The topological polar surface area (TPSA) is 25.6 Å². The highest BCUT2D eigenvalue weighted by Gasteiger charge is 2.46. The molecule has 0 fully saturated rings. The summed E-state index contributed by atoms with van der Waals surface area (Å²) in [5.74, 6) is 2.78. The maximum atomic E-state index is 6.96. The number of furan rings is 1. The largest absolute Gasteiger partial charge is 0.458 e. The average molecular weight is 566 g/mol. The zero-order chi connectivity index (χ0) is 30.1. The van der Waals surface area contributed by atoms with Crippen molar-refractivity contribution in [2.24, 2.45) is 0 Å². The van der Waals surface area contributed by atoms with Gasteiger partial charge in [0.05, 0.1) is 0 Å². The minimum atomic E-state index is 0.0197. The summed E-state index contributed by atoms with van der Waals surface area (Å²) in [4.78, 5) is 2.38. The molecule has 0 atom stereocenters. The first kappa shape index (κ1) is 26.7. The molecule has 43 heavy (non-hydrogen) atoms. The molecule has 4 aromatic carbocycles. The van der Waals surface area contributed by atoms with E-state index in [9.17, 15) is 0 Å². The molecule has 0 saturated heterocycles. The molecule has 0 spiro atoms. The number of fused-ring (bicyclic) bond motifs is 7. The van der Waals surface area contributed by atoms with Crippen LogP contribution in [0.2, 0.25) is 0 Å². The fraction of sp³-hybridized carbons (Fsp3) is 0.333. The Hall–Kier alpha value is -3.92. The predicted molar refractivity (Wildman–Crippen MR) is 181 cm³/mol. The zero-order valence-corrected chi connectivity index (χ0v) is 26.7. The van der Waals surface area contributed by atoms with E-state index in [1.165, 1.54) is 56.9 Å². The number of aryl methyl sites for hydroxylation is 1. The van der Waals surface area contributed by atoms with Gasteiger partial charge in [-0.3, -0.25) is 4.90 Å². The molecule has 0 radical (unpaired) electrons. The smallest absolute Gasteiger partial charge is 0.261 e. The maximum absolute atomic E-state index is 6.96. The van der Waals surface area contributed by atoms with Crippen molar-refractivity contribution in [1.82, 2.24) is 0 Å². The standard InChI is InChI=1S/C39H40BNO2/c1-23-19-30-35-33(20-23)42-32-12-10-9-11-29(32)40(35)34-26-21-24(37(2,3)4)13-16-31(26)43-36(34)41(30)25-14-15-27-28(22-25)39(7,8)18-17-38(27,5)6/h9-16,19-22H,17-18H2,1-8H3. The Balaban J connectivity index is 1.46. The second-order valence-corrected chi connectivity index (χ2v) is 15.4. The third kappa shape index (κ3) is 3.81. The number of para-hydroxylation sites is 1. The molecule has 8 rings (SSSR count). The normalized spacial score (nSPS) is 17.6. The minimum Gasteiger partial charge on any atom is -0.458 e. The van der Waals surface area contributed by atoms with Crippen LogP contribution in [0.3, 0.4) is 0 Å². The number of hydrogen-bond acceptors (Lipinski definition) is 3. The lowest BCUT2D eigenvalue weighted by molar-refractivity contribution is 0.332. The Morgan fingerprint density at radius 1 is 0.767 bits per heavy atom. The monoisotopic (exact) mass is 565 g/mol. The molecular weight excluding hydrogens is 525 g/mol. The fourth-order valence-electron chi connectivity index (χ4n) is 7.79. The molecule has 0 bridgehead atoms. The molecule has 4 heteroatoms. The van der Waals surface area contributed by atoms with Gasteiger partial charge in [-0.25, -0.2) is 0 Å². The van der Waals surface area contributed by atoms with Crippen molar-refractivity contribution >= 4 is 51.3 Å². The number of anilines is 3. The van der Waals surface area contributed by atoms with E-state index in [4.69, 9.17) is 9.15 Å². The van der Waals surface area contributed by atoms with Crippen LogP contribution < -0.4 is 26.0 Å². The van der Waals surface area contributed by atoms with Crippen LogP contribution in [0.4, 0.5) is 17.3 Å². The van der Waals surface area contributed by atoms with Crippen molar-refractivity contribution in [3.63, 3.8) is 0 Å². The van der Waals surface area contributed by atoms with E-state index in [0.29, 0.717) is 0 Å². The van der Waals surface area contributed by atoms with Crippen LogP contribution in [-0.4, -0.2) is 6.71 Å². The van der Waals surface area contributed by atoms with Crippen molar-refractivity contribution < 1.29 is 9.15 Å². The SMILES string of the molecule is Cc1cc2c3c(c1)N(c1ccc4c(c1)C(C)(C)CCC4(C)C)c1oc4ccc(C(C)(C)C)cc4c1B3c1ccccc1O2. The highest BCUT2D eigenvalue weighted by molar-refractivity contribution is 7.00. The van der Waals surface area contributed by atoms with Crippen molar-refractivity contribution in [2.75, 3.05) is 4.90 Å². The predicted octanol–water partition coefficient (Wildman–Crippen LogP) is 8.79. The van der Waals surface area contributed by atoms with E-state index in [-0.39, 0.29) is 23.0 Å². The van der Waals surface area contributed by atoms with Crippen molar-refractivity contribution in [1.29, 1.82) is 0 Å². The molecule has 216 valence electrons. The summed E-state index contributed by atoms with van der Waals surface area (Å²) in [5.41, 5.74) is 12.5. The third-order valence-corrected chi connectivity index (χ3v) is 10.4. The summed E-state index contributed by atoms with van der Waals surface area (Å²) in [6.45, 7) is 18.6. The van der Waals surface area contributed by atoms with Gasteiger partial charge in [-0.05, 0) is 112 Å². The zero-order valence-electron chi connectivity index (χ0n) is 26.7. The molecule has 3 aliphatic rings. The molecule has 2 aliphatic heterocycles. The lowest BCUT2D eigenvalue weighted by Gasteiger charge is -2.43. The lowest BCUT2D eigenvalue weighted by Crippen LogP contribution is -2.59.